The smallest absolute Gasteiger partial charge is 0.387 e. The number of H-pyrrole nitrogens is 1. The van der Waals surface area contributed by atoms with Crippen molar-refractivity contribution in [1.82, 2.24) is 39.0 Å². The highest BCUT2D eigenvalue weighted by atomic mass is 31.2. The van der Waals surface area contributed by atoms with E-state index < -0.39 is 89.1 Å². The Hall–Kier alpha value is -3.48. The first-order valence-corrected chi connectivity index (χ1v) is 17.0. The van der Waals surface area contributed by atoms with Crippen LogP contribution in [-0.2, 0) is 36.9 Å². The molecule has 26 heteroatoms. The molecule has 10 atom stereocenters. The van der Waals surface area contributed by atoms with Crippen LogP contribution in [0.1, 0.15) is 19.4 Å². The summed E-state index contributed by atoms with van der Waals surface area (Å²) in [5, 5.41) is 21.4. The molecule has 2 bridgehead atoms. The van der Waals surface area contributed by atoms with Crippen LogP contribution in [0.15, 0.2) is 23.8 Å². The van der Waals surface area contributed by atoms with Crippen LogP contribution in [0.2, 0.25) is 0 Å². The van der Waals surface area contributed by atoms with Crippen molar-refractivity contribution in [2.75, 3.05) is 24.7 Å². The molecule has 1 unspecified atom stereocenters. The van der Waals surface area contributed by atoms with Crippen molar-refractivity contribution < 1.29 is 61.8 Å². The van der Waals surface area contributed by atoms with Crippen molar-refractivity contribution >= 4 is 49.7 Å². The highest BCUT2D eigenvalue weighted by Gasteiger charge is 2.69. The van der Waals surface area contributed by atoms with Crippen LogP contribution >= 0.6 is 15.6 Å². The van der Waals surface area contributed by atoms with Crippen LogP contribution in [0.3, 0.4) is 0 Å². The summed E-state index contributed by atoms with van der Waals surface area (Å²) in [5.74, 6) is -0.190. The van der Waals surface area contributed by atoms with Crippen LogP contribution in [0.5, 0.6) is 0 Å². The molecular formula is C22H28N10O14P2. The topological polar surface area (TPSA) is 350 Å². The molecule has 0 radical (unpaired) electrons. The van der Waals surface area contributed by atoms with Gasteiger partial charge in [-0.3, -0.25) is 32.5 Å². The van der Waals surface area contributed by atoms with Gasteiger partial charge in [0, 0.05) is 0 Å². The third-order valence-electron chi connectivity index (χ3n) is 8.28. The lowest BCUT2D eigenvalue weighted by Gasteiger charge is -2.36. The molecule has 4 aromatic heterocycles. The number of rotatable bonds is 10. The van der Waals surface area contributed by atoms with Crippen LogP contribution in [-0.4, -0.2) is 119 Å². The molecule has 4 aromatic rings. The Bertz CT molecular complexity index is 2040. The third-order valence-corrected chi connectivity index (χ3v) is 9.72. The molecule has 0 aliphatic carbocycles. The molecule has 10 N–H and O–H groups in total. The van der Waals surface area contributed by atoms with Gasteiger partial charge in [0.15, 0.2) is 35.1 Å². The van der Waals surface area contributed by atoms with E-state index in [1.54, 1.807) is 0 Å². The number of aliphatic hydroxyl groups is 2. The van der Waals surface area contributed by atoms with Gasteiger partial charge >= 0.3 is 15.6 Å². The van der Waals surface area contributed by atoms with E-state index in [0.717, 1.165) is 10.9 Å². The Kier molecular flexibility index (Phi) is 7.95. The number of fused-ring (bicyclic) bond motifs is 4. The summed E-state index contributed by atoms with van der Waals surface area (Å²) in [4.78, 5) is 64.3. The molecule has 7 heterocycles. The minimum absolute atomic E-state index is 0.0516. The highest BCUT2D eigenvalue weighted by Crippen LogP contribution is 2.58. The fourth-order valence-corrected chi connectivity index (χ4v) is 7.36. The predicted molar refractivity (Wildman–Crippen MR) is 154 cm³/mol. The lowest BCUT2D eigenvalue weighted by atomic mass is 9.94. The lowest BCUT2D eigenvalue weighted by Crippen LogP contribution is -2.50. The predicted octanol–water partition coefficient (Wildman–Crippen LogP) is -2.59. The molecule has 0 saturated carbocycles. The van der Waals surface area contributed by atoms with E-state index in [9.17, 15) is 38.8 Å². The average molecular weight is 718 g/mol. The van der Waals surface area contributed by atoms with Gasteiger partial charge in [0.05, 0.1) is 32.0 Å². The molecule has 0 spiro atoms. The van der Waals surface area contributed by atoms with Gasteiger partial charge < -0.3 is 50.6 Å². The maximum atomic E-state index is 13.4. The van der Waals surface area contributed by atoms with Crippen LogP contribution in [0, 0.1) is 0 Å². The van der Waals surface area contributed by atoms with Crippen LogP contribution in [0.25, 0.3) is 22.3 Å². The maximum absolute atomic E-state index is 13.4. The summed E-state index contributed by atoms with van der Waals surface area (Å²) in [6, 6.07) is 0. The van der Waals surface area contributed by atoms with Crippen molar-refractivity contribution in [3.63, 3.8) is 0 Å². The summed E-state index contributed by atoms with van der Waals surface area (Å²) in [6.07, 6.45) is -7.43. The quantitative estimate of drug-likeness (QED) is 0.0780. The zero-order valence-corrected chi connectivity index (χ0v) is 26.1. The normalized spacial score (nSPS) is 33.2. The second kappa shape index (κ2) is 11.6. The Morgan fingerprint density at radius 2 is 1.69 bits per heavy atom. The van der Waals surface area contributed by atoms with Crippen molar-refractivity contribution in [2.45, 2.75) is 61.6 Å². The second-order valence-corrected chi connectivity index (χ2v) is 13.8. The van der Waals surface area contributed by atoms with E-state index >= 15 is 0 Å². The lowest BCUT2D eigenvalue weighted by molar-refractivity contribution is -0.215. The fraction of sp³-hybridized carbons (Fsp3) is 0.545. The molecule has 260 valence electrons. The molecule has 48 heavy (non-hydrogen) atoms. The van der Waals surface area contributed by atoms with Gasteiger partial charge in [0.2, 0.25) is 5.95 Å². The highest BCUT2D eigenvalue weighted by molar-refractivity contribution is 7.47. The van der Waals surface area contributed by atoms with Gasteiger partial charge in [0.1, 0.15) is 48.0 Å². The number of aliphatic hydroxyl groups excluding tert-OH is 2. The van der Waals surface area contributed by atoms with Gasteiger partial charge in [-0.2, -0.15) is 4.98 Å². The number of nitrogens with one attached hydrogen (secondary N) is 1. The summed E-state index contributed by atoms with van der Waals surface area (Å²) < 4.78 is 60.9. The number of anilines is 2. The molecule has 3 aliphatic heterocycles. The summed E-state index contributed by atoms with van der Waals surface area (Å²) >= 11 is 0. The standard InChI is InChI=1S/C22H28N10O14P2/c1-7-22(3-42-47(36,37)38)14(13(43-7)20(45-22)31-5-27-9-15(23)25-4-26-16(9)31)46-48(39,40)41-2-8-11(33)12(34)19(44-8)32-6-28-10-17(32)29-21(24)30-18(10)35/h4-8,11-14,19-20,33-34H,2-3H2,1H3,(H,39,40)(H2,23,25,26)(H2,36,37,38)(H3,24,29,30,35)/t7-,8+,11+,12+,13+,14-,19+,20+,22-/m0/s1. The first-order chi connectivity index (χ1) is 22.6. The van der Waals surface area contributed by atoms with Gasteiger partial charge in [0.25, 0.3) is 5.56 Å². The first-order valence-electron chi connectivity index (χ1n) is 13.9. The number of imidazole rings is 2. The average Bonchev–Trinajstić information content (AvgIpc) is 3.80. The minimum atomic E-state index is -5.15. The molecule has 24 nitrogen and oxygen atoms in total. The van der Waals surface area contributed by atoms with Gasteiger partial charge in [-0.15, -0.1) is 0 Å². The molecular weight excluding hydrogens is 690 g/mol. The molecule has 0 aromatic carbocycles. The number of ether oxygens (including phenoxy) is 3. The maximum Gasteiger partial charge on any atom is 0.472 e. The number of aromatic nitrogens is 8. The number of hydrogen-bond donors (Lipinski definition) is 8. The molecule has 0 amide bonds. The zero-order chi connectivity index (χ0) is 34.3. The third kappa shape index (κ3) is 5.49. The van der Waals surface area contributed by atoms with Crippen LogP contribution < -0.4 is 17.0 Å². The van der Waals surface area contributed by atoms with E-state index in [0.29, 0.717) is 0 Å². The van der Waals surface area contributed by atoms with Gasteiger partial charge in [-0.25, -0.2) is 29.1 Å². The van der Waals surface area contributed by atoms with E-state index in [2.05, 4.69) is 29.9 Å². The van der Waals surface area contributed by atoms with Crippen molar-refractivity contribution in [3.8, 4) is 0 Å². The van der Waals surface area contributed by atoms with Crippen molar-refractivity contribution in [2.24, 2.45) is 0 Å². The Labute approximate surface area is 266 Å². The van der Waals surface area contributed by atoms with E-state index in [1.807, 2.05) is 0 Å². The monoisotopic (exact) mass is 718 g/mol. The minimum Gasteiger partial charge on any atom is -0.387 e. The van der Waals surface area contributed by atoms with Gasteiger partial charge in [-0.1, -0.05) is 0 Å². The summed E-state index contributed by atoms with van der Waals surface area (Å²) in [5.41, 5.74) is 9.18. The number of nitrogens with two attached hydrogens (primary N) is 2. The largest absolute Gasteiger partial charge is 0.472 e. The summed E-state index contributed by atoms with van der Waals surface area (Å²) in [6.45, 7) is -0.179. The molecule has 3 saturated heterocycles. The Morgan fingerprint density at radius 1 is 0.979 bits per heavy atom. The SMILES string of the molecule is C[C@@H]1O[C@H]2[C@H](n3cnc4c(N)ncnc43)O[C@]1(COP(=O)(O)O)[C@H]2OP(=O)(O)OC[C@H]1O[C@@H](n2cnc3c(=O)[nH]c(N)nc32)[C@H](O)[C@@H]1O. The van der Waals surface area contributed by atoms with Gasteiger partial charge in [-0.05, 0) is 6.92 Å². The number of phosphoric ester groups is 2. The van der Waals surface area contributed by atoms with E-state index in [1.165, 1.54) is 24.1 Å². The fourth-order valence-electron chi connectivity index (χ4n) is 6.01. The van der Waals surface area contributed by atoms with E-state index in [4.69, 9.17) is 39.2 Å². The van der Waals surface area contributed by atoms with Crippen LogP contribution in [0.4, 0.5) is 11.8 Å². The Balaban J connectivity index is 1.11. The molecule has 3 aliphatic rings. The molecule has 7 rings (SSSR count). The number of aromatic amines is 1. The number of phosphoric acid groups is 2. The zero-order valence-electron chi connectivity index (χ0n) is 24.4. The number of hydrogen-bond acceptors (Lipinski definition) is 18. The van der Waals surface area contributed by atoms with E-state index in [-0.39, 0.29) is 34.1 Å². The summed E-state index contributed by atoms with van der Waals surface area (Å²) in [7, 11) is -10.2. The second-order valence-electron chi connectivity index (χ2n) is 11.2. The Morgan fingerprint density at radius 3 is 2.42 bits per heavy atom. The number of nitrogens with zero attached hydrogens (tertiary/aromatic N) is 7. The van der Waals surface area contributed by atoms with Crippen molar-refractivity contribution in [1.29, 1.82) is 0 Å². The first kappa shape index (κ1) is 33.0. The number of nitrogen functional groups attached to an aromatic ring is 2. The van der Waals surface area contributed by atoms with Crippen molar-refractivity contribution in [3.05, 3.63) is 29.3 Å². The molecule has 3 fully saturated rings.